The molecule has 0 bridgehead atoms. The number of rotatable bonds is 8. The highest BCUT2D eigenvalue weighted by Crippen LogP contribution is 2.37. The van der Waals surface area contributed by atoms with E-state index in [1.165, 1.54) is 0 Å². The smallest absolute Gasteiger partial charge is 0.294 e. The Hall–Kier alpha value is -3.78. The van der Waals surface area contributed by atoms with Gasteiger partial charge < -0.3 is 14.8 Å². The number of anilines is 1. The Balaban J connectivity index is 1.64. The summed E-state index contributed by atoms with van der Waals surface area (Å²) in [4.78, 5) is 39.2. The highest BCUT2D eigenvalue weighted by atomic mass is 32.2. The maximum absolute atomic E-state index is 13.1. The number of nitrogens with zero attached hydrogens (tertiary/aromatic N) is 1. The van der Waals surface area contributed by atoms with Crippen LogP contribution in [-0.4, -0.2) is 41.7 Å². The minimum Gasteiger partial charge on any atom is -0.494 e. The lowest BCUT2D eigenvalue weighted by atomic mass is 10.0. The Morgan fingerprint density at radius 2 is 1.74 bits per heavy atom. The number of carbonyl (C=O) groups is 3. The number of thioether (sulfide) groups is 1. The van der Waals surface area contributed by atoms with Crippen LogP contribution in [0.25, 0.3) is 16.8 Å². The van der Waals surface area contributed by atoms with Crippen molar-refractivity contribution in [2.75, 3.05) is 25.1 Å². The molecule has 0 spiro atoms. The van der Waals surface area contributed by atoms with Gasteiger partial charge in [0.2, 0.25) is 5.91 Å². The van der Waals surface area contributed by atoms with Crippen LogP contribution in [0, 0.1) is 0 Å². The largest absolute Gasteiger partial charge is 0.494 e. The van der Waals surface area contributed by atoms with Gasteiger partial charge in [-0.25, -0.2) is 0 Å². The fraction of sp³-hybridized carbons (Fsp3) is 0.192. The first kappa shape index (κ1) is 23.4. The normalized spacial score (nSPS) is 14.6. The molecule has 3 aromatic carbocycles. The van der Waals surface area contributed by atoms with Gasteiger partial charge in [0.05, 0.1) is 18.1 Å². The minimum atomic E-state index is -0.515. The van der Waals surface area contributed by atoms with Crippen molar-refractivity contribution in [3.8, 4) is 11.5 Å². The van der Waals surface area contributed by atoms with Crippen molar-refractivity contribution in [1.82, 2.24) is 4.90 Å². The first-order valence-corrected chi connectivity index (χ1v) is 11.7. The van der Waals surface area contributed by atoms with E-state index in [0.717, 1.165) is 27.4 Å². The SMILES string of the molecule is CCOc1ccc2ccc(OCC)c(/C=C3\SC(=O)N(CC(=O)Nc4ccccc4)C3=O)c2c1. The van der Waals surface area contributed by atoms with E-state index < -0.39 is 17.1 Å². The van der Waals surface area contributed by atoms with Crippen LogP contribution >= 0.6 is 11.8 Å². The van der Waals surface area contributed by atoms with E-state index in [1.807, 2.05) is 50.2 Å². The van der Waals surface area contributed by atoms with E-state index in [2.05, 4.69) is 5.32 Å². The van der Waals surface area contributed by atoms with Gasteiger partial charge in [-0.1, -0.05) is 30.3 Å². The molecule has 1 fully saturated rings. The number of carbonyl (C=O) groups excluding carboxylic acids is 3. The summed E-state index contributed by atoms with van der Waals surface area (Å²) in [7, 11) is 0. The third kappa shape index (κ3) is 5.07. The molecule has 1 aliphatic heterocycles. The second-order valence-corrected chi connectivity index (χ2v) is 8.40. The molecule has 174 valence electrons. The molecule has 0 aromatic heterocycles. The number of ether oxygens (including phenoxy) is 2. The van der Waals surface area contributed by atoms with Crippen LogP contribution in [0.15, 0.2) is 65.6 Å². The summed E-state index contributed by atoms with van der Waals surface area (Å²) in [6, 6.07) is 18.4. The Morgan fingerprint density at radius 1 is 1.00 bits per heavy atom. The average molecular weight is 477 g/mol. The van der Waals surface area contributed by atoms with E-state index in [1.54, 1.807) is 30.3 Å². The molecule has 0 unspecified atom stereocenters. The van der Waals surface area contributed by atoms with Crippen molar-refractivity contribution in [1.29, 1.82) is 0 Å². The van der Waals surface area contributed by atoms with E-state index >= 15 is 0 Å². The molecule has 3 aromatic rings. The Bertz CT molecular complexity index is 1270. The average Bonchev–Trinajstić information content (AvgIpc) is 3.09. The van der Waals surface area contributed by atoms with Gasteiger partial charge in [0.25, 0.3) is 11.1 Å². The van der Waals surface area contributed by atoms with E-state index in [-0.39, 0.29) is 11.4 Å². The number of benzene rings is 3. The van der Waals surface area contributed by atoms with Gasteiger partial charge in [0.15, 0.2) is 0 Å². The number of hydrogen-bond acceptors (Lipinski definition) is 6. The first-order chi connectivity index (χ1) is 16.5. The number of amides is 3. The van der Waals surface area contributed by atoms with Gasteiger partial charge >= 0.3 is 0 Å². The van der Waals surface area contributed by atoms with Gasteiger partial charge in [-0.3, -0.25) is 19.3 Å². The summed E-state index contributed by atoms with van der Waals surface area (Å²) in [6.45, 7) is 4.39. The standard InChI is InChI=1S/C26H24N2O5S/c1-3-32-19-12-10-17-11-13-22(33-4-2)21(20(17)14-19)15-23-25(30)28(26(31)34-23)16-24(29)27-18-8-6-5-7-9-18/h5-15H,3-4,16H2,1-2H3,(H,27,29)/b23-15-. The first-order valence-electron chi connectivity index (χ1n) is 10.9. The summed E-state index contributed by atoms with van der Waals surface area (Å²) in [6.07, 6.45) is 1.66. The zero-order valence-electron chi connectivity index (χ0n) is 18.9. The molecule has 7 nitrogen and oxygen atoms in total. The lowest BCUT2D eigenvalue weighted by Crippen LogP contribution is -2.36. The molecule has 4 rings (SSSR count). The topological polar surface area (TPSA) is 84.9 Å². The van der Waals surface area contributed by atoms with Crippen LogP contribution in [0.3, 0.4) is 0 Å². The molecule has 34 heavy (non-hydrogen) atoms. The summed E-state index contributed by atoms with van der Waals surface area (Å²) in [5.74, 6) is 0.330. The molecule has 3 amide bonds. The zero-order chi connectivity index (χ0) is 24.1. The fourth-order valence-corrected chi connectivity index (χ4v) is 4.44. The molecule has 1 N–H and O–H groups in total. The second kappa shape index (κ2) is 10.4. The van der Waals surface area contributed by atoms with Crippen molar-refractivity contribution < 1.29 is 23.9 Å². The maximum Gasteiger partial charge on any atom is 0.294 e. The van der Waals surface area contributed by atoms with Crippen LogP contribution in [0.4, 0.5) is 10.5 Å². The molecular weight excluding hydrogens is 452 g/mol. The van der Waals surface area contributed by atoms with Gasteiger partial charge in [0.1, 0.15) is 18.0 Å². The van der Waals surface area contributed by atoms with Gasteiger partial charge in [-0.15, -0.1) is 0 Å². The quantitative estimate of drug-likeness (QED) is 0.444. The molecular formula is C26H24N2O5S. The van der Waals surface area contributed by atoms with E-state index in [0.29, 0.717) is 36.0 Å². The summed E-state index contributed by atoms with van der Waals surface area (Å²) >= 11 is 0.806. The molecule has 0 saturated carbocycles. The molecule has 1 saturated heterocycles. The number of fused-ring (bicyclic) bond motifs is 1. The highest BCUT2D eigenvalue weighted by Gasteiger charge is 2.36. The molecule has 1 heterocycles. The zero-order valence-corrected chi connectivity index (χ0v) is 19.7. The Labute approximate surface area is 201 Å². The van der Waals surface area contributed by atoms with Crippen LogP contribution in [0.1, 0.15) is 19.4 Å². The predicted molar refractivity (Wildman–Crippen MR) is 134 cm³/mol. The van der Waals surface area contributed by atoms with E-state index in [9.17, 15) is 14.4 Å². The van der Waals surface area contributed by atoms with Crippen LogP contribution in [0.2, 0.25) is 0 Å². The van der Waals surface area contributed by atoms with Crippen molar-refractivity contribution >= 4 is 51.4 Å². The lowest BCUT2D eigenvalue weighted by Gasteiger charge is -2.13. The van der Waals surface area contributed by atoms with Crippen molar-refractivity contribution in [2.45, 2.75) is 13.8 Å². The second-order valence-electron chi connectivity index (χ2n) is 7.41. The number of nitrogens with one attached hydrogen (secondary N) is 1. The summed E-state index contributed by atoms with van der Waals surface area (Å²) in [5, 5.41) is 3.98. The van der Waals surface area contributed by atoms with Crippen molar-refractivity contribution in [2.24, 2.45) is 0 Å². The predicted octanol–water partition coefficient (Wildman–Crippen LogP) is 5.31. The lowest BCUT2D eigenvalue weighted by molar-refractivity contribution is -0.127. The summed E-state index contributed by atoms with van der Waals surface area (Å²) in [5.41, 5.74) is 1.28. The molecule has 0 radical (unpaired) electrons. The summed E-state index contributed by atoms with van der Waals surface area (Å²) < 4.78 is 11.5. The van der Waals surface area contributed by atoms with Crippen molar-refractivity contribution in [3.63, 3.8) is 0 Å². The van der Waals surface area contributed by atoms with Gasteiger partial charge in [0, 0.05) is 11.3 Å². The number of imide groups is 1. The molecule has 1 aliphatic rings. The molecule has 0 atom stereocenters. The van der Waals surface area contributed by atoms with Crippen molar-refractivity contribution in [3.05, 3.63) is 71.1 Å². The fourth-order valence-electron chi connectivity index (χ4n) is 3.62. The molecule has 8 heteroatoms. The Kier molecular flexibility index (Phi) is 7.18. The van der Waals surface area contributed by atoms with Gasteiger partial charge in [-0.05, 0) is 72.8 Å². The minimum absolute atomic E-state index is 0.229. The third-order valence-corrected chi connectivity index (χ3v) is 6.02. The third-order valence-electron chi connectivity index (χ3n) is 5.11. The molecule has 0 aliphatic carbocycles. The number of hydrogen-bond donors (Lipinski definition) is 1. The van der Waals surface area contributed by atoms with E-state index in [4.69, 9.17) is 9.47 Å². The monoisotopic (exact) mass is 476 g/mol. The highest BCUT2D eigenvalue weighted by molar-refractivity contribution is 8.18. The van der Waals surface area contributed by atoms with Crippen LogP contribution in [-0.2, 0) is 9.59 Å². The van der Waals surface area contributed by atoms with Crippen LogP contribution in [0.5, 0.6) is 11.5 Å². The van der Waals surface area contributed by atoms with Crippen LogP contribution < -0.4 is 14.8 Å². The Morgan fingerprint density at radius 3 is 2.47 bits per heavy atom. The maximum atomic E-state index is 13.1. The number of para-hydroxylation sites is 1. The van der Waals surface area contributed by atoms with Gasteiger partial charge in [-0.2, -0.15) is 0 Å².